The van der Waals surface area contributed by atoms with Crippen LogP contribution in [0.4, 0.5) is 16.2 Å². The molecule has 0 saturated carbocycles. The molecule has 2 unspecified atom stereocenters. The Kier molecular flexibility index (Phi) is 6.41. The predicted molar refractivity (Wildman–Crippen MR) is 129 cm³/mol. The van der Waals surface area contributed by atoms with E-state index in [-0.39, 0.29) is 16.7 Å². The zero-order valence-electron chi connectivity index (χ0n) is 20.6. The summed E-state index contributed by atoms with van der Waals surface area (Å²) in [6.07, 6.45) is 0.540. The van der Waals surface area contributed by atoms with Gasteiger partial charge in [-0.05, 0) is 46.9 Å². The average molecular weight is 437 g/mol. The SMILES string of the molecule is COC(=O)N(C)C1C(=O)N(c2ccc(C(CC(C)(C)C)C(C)(C)C)cc2)c2ccccc21. The normalized spacial score (nSPS) is 17.2. The zero-order chi connectivity index (χ0) is 23.8. The minimum atomic E-state index is -0.707. The van der Waals surface area contributed by atoms with Gasteiger partial charge in [0.1, 0.15) is 6.04 Å². The van der Waals surface area contributed by atoms with Crippen molar-refractivity contribution in [1.29, 1.82) is 0 Å². The van der Waals surface area contributed by atoms with Crippen molar-refractivity contribution in [3.63, 3.8) is 0 Å². The van der Waals surface area contributed by atoms with E-state index >= 15 is 0 Å². The lowest BCUT2D eigenvalue weighted by molar-refractivity contribution is -0.121. The van der Waals surface area contributed by atoms with Gasteiger partial charge in [0.15, 0.2) is 0 Å². The van der Waals surface area contributed by atoms with Crippen LogP contribution in [0.5, 0.6) is 0 Å². The third kappa shape index (κ3) is 4.67. The molecule has 0 radical (unpaired) electrons. The second-order valence-corrected chi connectivity index (χ2v) is 11.0. The molecule has 32 heavy (non-hydrogen) atoms. The van der Waals surface area contributed by atoms with E-state index < -0.39 is 12.1 Å². The van der Waals surface area contributed by atoms with Crippen LogP contribution in [0.3, 0.4) is 0 Å². The molecule has 0 aromatic heterocycles. The third-order valence-corrected chi connectivity index (χ3v) is 6.19. The lowest BCUT2D eigenvalue weighted by Gasteiger charge is -2.36. The summed E-state index contributed by atoms with van der Waals surface area (Å²) in [5.74, 6) is 0.241. The maximum absolute atomic E-state index is 13.5. The molecule has 5 nitrogen and oxygen atoms in total. The number of carbonyl (C=O) groups excluding carboxylic acids is 2. The second-order valence-electron chi connectivity index (χ2n) is 11.0. The monoisotopic (exact) mass is 436 g/mol. The van der Waals surface area contributed by atoms with Gasteiger partial charge in [-0.25, -0.2) is 4.79 Å². The van der Waals surface area contributed by atoms with Crippen molar-refractivity contribution in [2.24, 2.45) is 10.8 Å². The van der Waals surface area contributed by atoms with Crippen molar-refractivity contribution in [1.82, 2.24) is 4.90 Å². The number of amides is 2. The highest BCUT2D eigenvalue weighted by molar-refractivity contribution is 6.10. The van der Waals surface area contributed by atoms with Crippen molar-refractivity contribution in [2.75, 3.05) is 19.1 Å². The molecule has 2 aromatic rings. The van der Waals surface area contributed by atoms with E-state index in [0.29, 0.717) is 5.92 Å². The Hall–Kier alpha value is -2.82. The van der Waals surface area contributed by atoms with Crippen molar-refractivity contribution >= 4 is 23.4 Å². The largest absolute Gasteiger partial charge is 0.453 e. The molecule has 1 heterocycles. The lowest BCUT2D eigenvalue weighted by atomic mass is 9.69. The number of hydrogen-bond acceptors (Lipinski definition) is 3. The van der Waals surface area contributed by atoms with Crippen LogP contribution in [0.15, 0.2) is 48.5 Å². The Bertz CT molecular complexity index is 983. The van der Waals surface area contributed by atoms with E-state index in [1.165, 1.54) is 17.6 Å². The van der Waals surface area contributed by atoms with Gasteiger partial charge < -0.3 is 4.74 Å². The van der Waals surface area contributed by atoms with E-state index in [0.717, 1.165) is 23.4 Å². The van der Waals surface area contributed by atoms with Crippen LogP contribution >= 0.6 is 0 Å². The molecule has 2 atom stereocenters. The highest BCUT2D eigenvalue weighted by Gasteiger charge is 2.42. The van der Waals surface area contributed by atoms with E-state index in [1.807, 2.05) is 36.4 Å². The third-order valence-electron chi connectivity index (χ3n) is 6.19. The minimum Gasteiger partial charge on any atom is -0.453 e. The number of benzene rings is 2. The molecule has 0 N–H and O–H groups in total. The van der Waals surface area contributed by atoms with Gasteiger partial charge in [0.25, 0.3) is 5.91 Å². The zero-order valence-corrected chi connectivity index (χ0v) is 20.6. The van der Waals surface area contributed by atoms with Crippen molar-refractivity contribution in [3.05, 3.63) is 59.7 Å². The molecule has 0 saturated heterocycles. The van der Waals surface area contributed by atoms with E-state index in [4.69, 9.17) is 4.74 Å². The number of hydrogen-bond donors (Lipinski definition) is 0. The number of ether oxygens (including phenoxy) is 1. The molecule has 5 heteroatoms. The Balaban J connectivity index is 1.98. The number of methoxy groups -OCH3 is 1. The van der Waals surface area contributed by atoms with Gasteiger partial charge in [0.2, 0.25) is 0 Å². The summed E-state index contributed by atoms with van der Waals surface area (Å²) in [5, 5.41) is 0. The fourth-order valence-corrected chi connectivity index (χ4v) is 4.58. The van der Waals surface area contributed by atoms with E-state index in [9.17, 15) is 9.59 Å². The smallest absolute Gasteiger partial charge is 0.410 e. The molecule has 2 amide bonds. The van der Waals surface area contributed by atoms with Gasteiger partial charge in [-0.3, -0.25) is 14.6 Å². The summed E-state index contributed by atoms with van der Waals surface area (Å²) in [7, 11) is 2.92. The Morgan fingerprint density at radius 1 is 1.03 bits per heavy atom. The van der Waals surface area contributed by atoms with Gasteiger partial charge >= 0.3 is 6.09 Å². The number of anilines is 2. The first-order chi connectivity index (χ1) is 14.8. The topological polar surface area (TPSA) is 49.9 Å². The number of carbonyl (C=O) groups is 2. The van der Waals surface area contributed by atoms with Gasteiger partial charge in [-0.1, -0.05) is 71.9 Å². The molecule has 2 aromatic carbocycles. The summed E-state index contributed by atoms with van der Waals surface area (Å²) < 4.78 is 4.86. The van der Waals surface area contributed by atoms with Gasteiger partial charge in [-0.15, -0.1) is 0 Å². The molecule has 1 aliphatic heterocycles. The van der Waals surface area contributed by atoms with Gasteiger partial charge in [0.05, 0.1) is 12.8 Å². The Morgan fingerprint density at radius 2 is 1.62 bits per heavy atom. The number of likely N-dealkylation sites (N-methyl/N-ethyl adjacent to an activating group) is 1. The first-order valence-corrected chi connectivity index (χ1v) is 11.2. The van der Waals surface area contributed by atoms with Crippen molar-refractivity contribution in [2.45, 2.75) is 59.9 Å². The number of nitrogens with zero attached hydrogens (tertiary/aromatic N) is 2. The second kappa shape index (κ2) is 8.61. The summed E-state index contributed by atoms with van der Waals surface area (Å²) in [5.41, 5.74) is 4.02. The number of fused-ring (bicyclic) bond motifs is 1. The molecule has 0 aliphatic carbocycles. The lowest BCUT2D eigenvalue weighted by Crippen LogP contribution is -2.37. The van der Waals surface area contributed by atoms with Crippen LogP contribution in [0.2, 0.25) is 0 Å². The fourth-order valence-electron chi connectivity index (χ4n) is 4.58. The first kappa shape index (κ1) is 23.8. The maximum Gasteiger partial charge on any atom is 0.410 e. The van der Waals surface area contributed by atoms with Crippen LogP contribution in [-0.4, -0.2) is 31.1 Å². The van der Waals surface area contributed by atoms with Crippen LogP contribution in [0.25, 0.3) is 0 Å². The van der Waals surface area contributed by atoms with Crippen LogP contribution in [0.1, 0.15) is 71.0 Å². The van der Waals surface area contributed by atoms with E-state index in [2.05, 4.69) is 53.7 Å². The quantitative estimate of drug-likeness (QED) is 0.538. The molecule has 172 valence electrons. The standard InChI is InChI=1S/C27H36N2O3/c1-26(2,3)17-21(27(4,5)6)18-13-15-19(16-14-18)29-22-12-10-9-11-20(22)23(24(29)30)28(7)25(31)32-8/h9-16,21,23H,17H2,1-8H3. The molecule has 0 bridgehead atoms. The summed E-state index contributed by atoms with van der Waals surface area (Å²) in [4.78, 5) is 28.7. The van der Waals surface area contributed by atoms with Gasteiger partial charge in [-0.2, -0.15) is 0 Å². The minimum absolute atomic E-state index is 0.124. The molecular formula is C27H36N2O3. The fraction of sp³-hybridized carbons (Fsp3) is 0.481. The molecular weight excluding hydrogens is 400 g/mol. The maximum atomic E-state index is 13.5. The summed E-state index contributed by atoms with van der Waals surface area (Å²) >= 11 is 0. The van der Waals surface area contributed by atoms with E-state index in [1.54, 1.807) is 11.9 Å². The van der Waals surface area contributed by atoms with Crippen LogP contribution < -0.4 is 4.90 Å². The molecule has 0 fully saturated rings. The molecule has 3 rings (SSSR count). The highest BCUT2D eigenvalue weighted by Crippen LogP contribution is 2.46. The highest BCUT2D eigenvalue weighted by atomic mass is 16.5. The first-order valence-electron chi connectivity index (χ1n) is 11.2. The predicted octanol–water partition coefficient (Wildman–Crippen LogP) is 6.67. The van der Waals surface area contributed by atoms with Gasteiger partial charge in [0, 0.05) is 18.3 Å². The van der Waals surface area contributed by atoms with Crippen molar-refractivity contribution < 1.29 is 14.3 Å². The van der Waals surface area contributed by atoms with Crippen molar-refractivity contribution in [3.8, 4) is 0 Å². The summed E-state index contributed by atoms with van der Waals surface area (Å²) in [6, 6.07) is 15.2. The number of rotatable bonds is 4. The summed E-state index contributed by atoms with van der Waals surface area (Å²) in [6.45, 7) is 13.7. The van der Waals surface area contributed by atoms with Crippen LogP contribution in [-0.2, 0) is 9.53 Å². The Labute approximate surface area is 192 Å². The number of para-hydroxylation sites is 1. The molecule has 1 aliphatic rings. The molecule has 0 spiro atoms. The Morgan fingerprint density at radius 3 is 2.16 bits per heavy atom. The van der Waals surface area contributed by atoms with Crippen LogP contribution in [0, 0.1) is 10.8 Å². The average Bonchev–Trinajstić information content (AvgIpc) is 3.01.